The Kier molecular flexibility index (Phi) is 5.11. The van der Waals surface area contributed by atoms with Gasteiger partial charge in [0.1, 0.15) is 0 Å². The number of halogens is 3. The predicted octanol–water partition coefficient (Wildman–Crippen LogP) is 3.05. The van der Waals surface area contributed by atoms with Crippen LogP contribution in [0.2, 0.25) is 0 Å². The Balaban J connectivity index is 2.15. The van der Waals surface area contributed by atoms with Crippen LogP contribution in [0.4, 0.5) is 13.2 Å². The molecule has 3 N–H and O–H groups in total. The number of alkyl halides is 3. The van der Waals surface area contributed by atoms with E-state index >= 15 is 0 Å². The molecule has 0 radical (unpaired) electrons. The van der Waals surface area contributed by atoms with E-state index in [0.717, 1.165) is 25.0 Å². The van der Waals surface area contributed by atoms with Gasteiger partial charge < -0.3 is 11.1 Å². The number of hydrogen-bond acceptors (Lipinski definition) is 2. The van der Waals surface area contributed by atoms with E-state index in [1.165, 1.54) is 6.07 Å². The zero-order valence-corrected chi connectivity index (χ0v) is 12.5. The van der Waals surface area contributed by atoms with Crippen molar-refractivity contribution in [2.75, 3.05) is 6.54 Å². The second-order valence-electron chi connectivity index (χ2n) is 5.77. The van der Waals surface area contributed by atoms with Crippen LogP contribution >= 0.6 is 0 Å². The lowest BCUT2D eigenvalue weighted by atomic mass is 9.93. The van der Waals surface area contributed by atoms with E-state index in [0.29, 0.717) is 24.4 Å². The van der Waals surface area contributed by atoms with Crippen molar-refractivity contribution in [3.8, 4) is 0 Å². The quantitative estimate of drug-likeness (QED) is 0.848. The third kappa shape index (κ3) is 4.00. The van der Waals surface area contributed by atoms with Gasteiger partial charge in [-0.3, -0.25) is 4.79 Å². The van der Waals surface area contributed by atoms with Crippen LogP contribution in [0.25, 0.3) is 0 Å². The zero-order valence-electron chi connectivity index (χ0n) is 12.5. The standard InChI is InChI=1S/C16H21F3N2O/c1-2-13(15(22)21-14(9-20)10-6-7-10)11-4-3-5-12(8-11)16(17,18)19/h3-5,8,10,13-14H,2,6-7,9,20H2,1H3,(H,21,22). The Morgan fingerprint density at radius 1 is 1.41 bits per heavy atom. The van der Waals surface area contributed by atoms with Gasteiger partial charge in [0.05, 0.1) is 11.5 Å². The number of carbonyl (C=O) groups excluding carboxylic acids is 1. The van der Waals surface area contributed by atoms with E-state index in [-0.39, 0.29) is 11.9 Å². The van der Waals surface area contributed by atoms with E-state index < -0.39 is 17.7 Å². The number of nitrogens with two attached hydrogens (primary N) is 1. The molecule has 0 bridgehead atoms. The highest BCUT2D eigenvalue weighted by Crippen LogP contribution is 2.34. The van der Waals surface area contributed by atoms with Crippen molar-refractivity contribution >= 4 is 5.91 Å². The molecule has 3 nitrogen and oxygen atoms in total. The van der Waals surface area contributed by atoms with Gasteiger partial charge in [-0.05, 0) is 36.8 Å². The summed E-state index contributed by atoms with van der Waals surface area (Å²) in [4.78, 5) is 12.4. The van der Waals surface area contributed by atoms with Gasteiger partial charge >= 0.3 is 6.18 Å². The highest BCUT2D eigenvalue weighted by Gasteiger charge is 2.34. The Morgan fingerprint density at radius 2 is 2.09 bits per heavy atom. The summed E-state index contributed by atoms with van der Waals surface area (Å²) in [6, 6.07) is 4.91. The lowest BCUT2D eigenvalue weighted by Gasteiger charge is -2.21. The molecule has 22 heavy (non-hydrogen) atoms. The number of nitrogens with one attached hydrogen (secondary N) is 1. The average molecular weight is 314 g/mol. The Labute approximate surface area is 128 Å². The third-order valence-electron chi connectivity index (χ3n) is 4.11. The van der Waals surface area contributed by atoms with E-state index in [4.69, 9.17) is 5.73 Å². The summed E-state index contributed by atoms with van der Waals surface area (Å²) >= 11 is 0. The van der Waals surface area contributed by atoms with Gasteiger partial charge in [-0.1, -0.05) is 25.1 Å². The lowest BCUT2D eigenvalue weighted by molar-refractivity contribution is -0.137. The van der Waals surface area contributed by atoms with Gasteiger partial charge in [-0.15, -0.1) is 0 Å². The summed E-state index contributed by atoms with van der Waals surface area (Å²) in [5, 5.41) is 2.89. The molecule has 0 aliphatic heterocycles. The fourth-order valence-electron chi connectivity index (χ4n) is 2.66. The molecule has 1 aromatic rings. The largest absolute Gasteiger partial charge is 0.416 e. The van der Waals surface area contributed by atoms with Crippen LogP contribution in [0.1, 0.15) is 43.2 Å². The number of amides is 1. The summed E-state index contributed by atoms with van der Waals surface area (Å²) in [5.74, 6) is -0.424. The number of carbonyl (C=O) groups is 1. The van der Waals surface area contributed by atoms with Crippen molar-refractivity contribution < 1.29 is 18.0 Å². The van der Waals surface area contributed by atoms with Crippen LogP contribution in [-0.2, 0) is 11.0 Å². The first-order valence-electron chi connectivity index (χ1n) is 7.54. The van der Waals surface area contributed by atoms with Gasteiger partial charge in [0.2, 0.25) is 5.91 Å². The molecule has 1 fully saturated rings. The third-order valence-corrected chi connectivity index (χ3v) is 4.11. The van der Waals surface area contributed by atoms with Crippen molar-refractivity contribution in [3.63, 3.8) is 0 Å². The molecule has 1 aliphatic carbocycles. The molecule has 6 heteroatoms. The molecule has 0 spiro atoms. The van der Waals surface area contributed by atoms with Crippen molar-refractivity contribution in [2.45, 2.75) is 44.3 Å². The van der Waals surface area contributed by atoms with E-state index in [9.17, 15) is 18.0 Å². The first kappa shape index (κ1) is 16.8. The lowest BCUT2D eigenvalue weighted by Crippen LogP contribution is -2.43. The zero-order chi connectivity index (χ0) is 16.3. The maximum absolute atomic E-state index is 12.8. The van der Waals surface area contributed by atoms with Crippen LogP contribution in [0, 0.1) is 5.92 Å². The SMILES string of the molecule is CCC(C(=O)NC(CN)C1CC1)c1cccc(C(F)(F)F)c1. The molecule has 1 amide bonds. The normalized spacial score (nSPS) is 17.9. The molecule has 2 atom stereocenters. The molecule has 0 heterocycles. The summed E-state index contributed by atoms with van der Waals surface area (Å²) < 4.78 is 38.4. The van der Waals surface area contributed by atoms with Crippen molar-refractivity contribution in [1.82, 2.24) is 5.32 Å². The van der Waals surface area contributed by atoms with E-state index in [2.05, 4.69) is 5.32 Å². The van der Waals surface area contributed by atoms with Crippen LogP contribution < -0.4 is 11.1 Å². The summed E-state index contributed by atoms with van der Waals surface area (Å²) in [7, 11) is 0. The predicted molar refractivity (Wildman–Crippen MR) is 78.2 cm³/mol. The second-order valence-corrected chi connectivity index (χ2v) is 5.77. The van der Waals surface area contributed by atoms with Crippen molar-refractivity contribution in [1.29, 1.82) is 0 Å². The minimum Gasteiger partial charge on any atom is -0.351 e. The van der Waals surface area contributed by atoms with E-state index in [1.807, 2.05) is 0 Å². The van der Waals surface area contributed by atoms with Crippen molar-refractivity contribution in [2.24, 2.45) is 11.7 Å². The molecule has 2 rings (SSSR count). The summed E-state index contributed by atoms with van der Waals surface area (Å²) in [6.45, 7) is 2.15. The first-order valence-corrected chi connectivity index (χ1v) is 7.54. The summed E-state index contributed by atoms with van der Waals surface area (Å²) in [5.41, 5.74) is 5.32. The Hall–Kier alpha value is -1.56. The fraction of sp³-hybridized carbons (Fsp3) is 0.562. The maximum Gasteiger partial charge on any atom is 0.416 e. The average Bonchev–Trinajstić information content (AvgIpc) is 3.29. The fourth-order valence-corrected chi connectivity index (χ4v) is 2.66. The van der Waals surface area contributed by atoms with Crippen LogP contribution in [0.15, 0.2) is 24.3 Å². The van der Waals surface area contributed by atoms with Gasteiger partial charge in [-0.2, -0.15) is 13.2 Å². The van der Waals surface area contributed by atoms with Crippen LogP contribution in [0.3, 0.4) is 0 Å². The smallest absolute Gasteiger partial charge is 0.351 e. The molecular weight excluding hydrogens is 293 g/mol. The minimum atomic E-state index is -4.40. The molecule has 1 aliphatic rings. The molecule has 0 aromatic heterocycles. The molecule has 2 unspecified atom stereocenters. The van der Waals surface area contributed by atoms with Crippen LogP contribution in [0.5, 0.6) is 0 Å². The second kappa shape index (κ2) is 6.69. The minimum absolute atomic E-state index is 0.0765. The maximum atomic E-state index is 12.8. The van der Waals surface area contributed by atoms with Gasteiger partial charge in [0.25, 0.3) is 0 Å². The Bertz CT molecular complexity index is 526. The molecule has 1 aromatic carbocycles. The van der Waals surface area contributed by atoms with Gasteiger partial charge in [0.15, 0.2) is 0 Å². The highest BCUT2D eigenvalue weighted by molar-refractivity contribution is 5.84. The number of hydrogen-bond donors (Lipinski definition) is 2. The molecule has 0 saturated heterocycles. The summed E-state index contributed by atoms with van der Waals surface area (Å²) in [6.07, 6.45) is -1.88. The number of rotatable bonds is 6. The highest BCUT2D eigenvalue weighted by atomic mass is 19.4. The van der Waals surface area contributed by atoms with Gasteiger partial charge in [0, 0.05) is 12.6 Å². The monoisotopic (exact) mass is 314 g/mol. The van der Waals surface area contributed by atoms with Crippen LogP contribution in [-0.4, -0.2) is 18.5 Å². The Morgan fingerprint density at radius 3 is 2.59 bits per heavy atom. The molecule has 122 valence electrons. The van der Waals surface area contributed by atoms with Crippen molar-refractivity contribution in [3.05, 3.63) is 35.4 Å². The number of benzene rings is 1. The molecular formula is C16H21F3N2O. The van der Waals surface area contributed by atoms with Gasteiger partial charge in [-0.25, -0.2) is 0 Å². The van der Waals surface area contributed by atoms with E-state index in [1.54, 1.807) is 13.0 Å². The molecule has 1 saturated carbocycles. The topological polar surface area (TPSA) is 55.1 Å². The first-order chi connectivity index (χ1) is 10.4.